The van der Waals surface area contributed by atoms with E-state index < -0.39 is 21.9 Å². The van der Waals surface area contributed by atoms with Crippen LogP contribution in [0.2, 0.25) is 0 Å². The van der Waals surface area contributed by atoms with Gasteiger partial charge in [-0.15, -0.1) is 0 Å². The van der Waals surface area contributed by atoms with E-state index in [-0.39, 0.29) is 11.5 Å². The van der Waals surface area contributed by atoms with Crippen LogP contribution in [0.4, 0.5) is 4.39 Å². The minimum absolute atomic E-state index is 0.0320. The average molecular weight is 309 g/mol. The molecule has 0 amide bonds. The summed E-state index contributed by atoms with van der Waals surface area (Å²) >= 11 is 0. The lowest BCUT2D eigenvalue weighted by Crippen LogP contribution is -2.39. The Hall–Kier alpha value is -1.76. The fraction of sp³-hybridized carbons (Fsp3) is 0.200. The number of aliphatic hydroxyl groups is 1. The number of hydrogen-bond donors (Lipinski definition) is 2. The van der Waals surface area contributed by atoms with Crippen LogP contribution in [0.1, 0.15) is 5.56 Å². The van der Waals surface area contributed by atoms with E-state index in [0.29, 0.717) is 6.42 Å². The molecule has 2 aromatic carbocycles. The van der Waals surface area contributed by atoms with Crippen LogP contribution in [0, 0.1) is 5.82 Å². The van der Waals surface area contributed by atoms with E-state index in [1.165, 1.54) is 12.1 Å². The third-order valence-corrected chi connectivity index (χ3v) is 4.53. The molecule has 112 valence electrons. The molecule has 0 bridgehead atoms. The van der Waals surface area contributed by atoms with Gasteiger partial charge in [-0.2, -0.15) is 0 Å². The lowest BCUT2D eigenvalue weighted by atomic mass is 10.1. The van der Waals surface area contributed by atoms with Crippen LogP contribution in [-0.2, 0) is 16.4 Å². The minimum atomic E-state index is -3.79. The summed E-state index contributed by atoms with van der Waals surface area (Å²) in [5, 5.41) is 9.35. The van der Waals surface area contributed by atoms with Gasteiger partial charge in [0.15, 0.2) is 0 Å². The average Bonchev–Trinajstić information content (AvgIpc) is 2.48. The first-order chi connectivity index (χ1) is 10.0. The molecule has 0 aliphatic rings. The molecular formula is C15H16FNO3S. The van der Waals surface area contributed by atoms with Gasteiger partial charge in [0.1, 0.15) is 5.82 Å². The second kappa shape index (κ2) is 6.80. The number of nitrogens with one attached hydrogen (secondary N) is 1. The van der Waals surface area contributed by atoms with Crippen molar-refractivity contribution in [2.24, 2.45) is 0 Å². The summed E-state index contributed by atoms with van der Waals surface area (Å²) in [5.74, 6) is -0.503. The Balaban J connectivity index is 2.12. The molecule has 1 atom stereocenters. The maximum Gasteiger partial charge on any atom is 0.240 e. The number of aliphatic hydroxyl groups excluding tert-OH is 1. The van der Waals surface area contributed by atoms with E-state index in [1.54, 1.807) is 0 Å². The Morgan fingerprint density at radius 2 is 1.67 bits per heavy atom. The summed E-state index contributed by atoms with van der Waals surface area (Å²) in [6.07, 6.45) is 0.373. The van der Waals surface area contributed by atoms with Crippen LogP contribution in [0.5, 0.6) is 0 Å². The van der Waals surface area contributed by atoms with Crippen molar-refractivity contribution in [3.63, 3.8) is 0 Å². The molecule has 0 aliphatic carbocycles. The maximum atomic E-state index is 12.8. The summed E-state index contributed by atoms with van der Waals surface area (Å²) in [5.41, 5.74) is 0.915. The number of sulfonamides is 1. The second-order valence-electron chi connectivity index (χ2n) is 4.64. The van der Waals surface area contributed by atoms with E-state index in [0.717, 1.165) is 17.7 Å². The fourth-order valence-corrected chi connectivity index (χ4v) is 3.17. The molecule has 0 unspecified atom stereocenters. The van der Waals surface area contributed by atoms with Crippen LogP contribution < -0.4 is 4.72 Å². The largest absolute Gasteiger partial charge is 0.395 e. The van der Waals surface area contributed by atoms with Gasteiger partial charge in [-0.25, -0.2) is 17.5 Å². The van der Waals surface area contributed by atoms with E-state index in [4.69, 9.17) is 0 Å². The van der Waals surface area contributed by atoms with Gasteiger partial charge in [-0.1, -0.05) is 30.3 Å². The van der Waals surface area contributed by atoms with Gasteiger partial charge in [-0.05, 0) is 36.2 Å². The molecule has 0 fully saturated rings. The van der Waals surface area contributed by atoms with E-state index in [2.05, 4.69) is 4.72 Å². The van der Waals surface area contributed by atoms with Crippen molar-refractivity contribution >= 4 is 10.0 Å². The van der Waals surface area contributed by atoms with Crippen LogP contribution >= 0.6 is 0 Å². The molecule has 0 spiro atoms. The SMILES string of the molecule is O=S(=O)(N[C@@H](CO)Cc1ccccc1)c1ccc(F)cc1. The van der Waals surface area contributed by atoms with Crippen molar-refractivity contribution in [2.75, 3.05) is 6.61 Å². The van der Waals surface area contributed by atoms with Gasteiger partial charge in [0.25, 0.3) is 0 Å². The molecular weight excluding hydrogens is 293 g/mol. The topological polar surface area (TPSA) is 66.4 Å². The highest BCUT2D eigenvalue weighted by Crippen LogP contribution is 2.11. The predicted molar refractivity (Wildman–Crippen MR) is 77.7 cm³/mol. The summed E-state index contributed by atoms with van der Waals surface area (Å²) in [4.78, 5) is -0.0320. The molecule has 0 heterocycles. The Labute approximate surface area is 123 Å². The molecule has 6 heteroatoms. The Morgan fingerprint density at radius 1 is 1.05 bits per heavy atom. The third-order valence-electron chi connectivity index (χ3n) is 2.99. The fourth-order valence-electron chi connectivity index (χ4n) is 1.94. The van der Waals surface area contributed by atoms with Gasteiger partial charge in [-0.3, -0.25) is 0 Å². The van der Waals surface area contributed by atoms with E-state index in [1.807, 2.05) is 30.3 Å². The van der Waals surface area contributed by atoms with Crippen molar-refractivity contribution in [2.45, 2.75) is 17.4 Å². The minimum Gasteiger partial charge on any atom is -0.395 e. The second-order valence-corrected chi connectivity index (χ2v) is 6.36. The Bertz CT molecular complexity index is 672. The zero-order valence-corrected chi connectivity index (χ0v) is 12.1. The van der Waals surface area contributed by atoms with E-state index in [9.17, 15) is 17.9 Å². The lowest BCUT2D eigenvalue weighted by molar-refractivity contribution is 0.256. The lowest BCUT2D eigenvalue weighted by Gasteiger charge is -2.16. The van der Waals surface area contributed by atoms with Crippen molar-refractivity contribution in [3.05, 3.63) is 66.0 Å². The van der Waals surface area contributed by atoms with Gasteiger partial charge in [0.2, 0.25) is 10.0 Å². The molecule has 0 aromatic heterocycles. The van der Waals surface area contributed by atoms with Crippen molar-refractivity contribution in [1.82, 2.24) is 4.72 Å². The van der Waals surface area contributed by atoms with Crippen LogP contribution in [0.3, 0.4) is 0 Å². The van der Waals surface area contributed by atoms with E-state index >= 15 is 0 Å². The predicted octanol–water partition coefficient (Wildman–Crippen LogP) is 1.71. The Morgan fingerprint density at radius 3 is 2.24 bits per heavy atom. The zero-order chi connectivity index (χ0) is 15.3. The van der Waals surface area contributed by atoms with Crippen LogP contribution in [-0.4, -0.2) is 26.2 Å². The molecule has 21 heavy (non-hydrogen) atoms. The highest BCUT2D eigenvalue weighted by molar-refractivity contribution is 7.89. The summed E-state index contributed by atoms with van der Waals surface area (Å²) < 4.78 is 39.6. The number of hydrogen-bond acceptors (Lipinski definition) is 3. The molecule has 2 rings (SSSR count). The highest BCUT2D eigenvalue weighted by Gasteiger charge is 2.19. The highest BCUT2D eigenvalue weighted by atomic mass is 32.2. The normalized spacial score (nSPS) is 13.0. The standard InChI is InChI=1S/C15H16FNO3S/c16-13-6-8-15(9-7-13)21(19,20)17-14(11-18)10-12-4-2-1-3-5-12/h1-9,14,17-18H,10-11H2/t14-/m1/s1. The van der Waals surface area contributed by atoms with Crippen molar-refractivity contribution < 1.29 is 17.9 Å². The van der Waals surface area contributed by atoms with Gasteiger partial charge in [0.05, 0.1) is 11.5 Å². The Kier molecular flexibility index (Phi) is 5.06. The summed E-state index contributed by atoms with van der Waals surface area (Å²) in [6, 6.07) is 13.2. The third kappa shape index (κ3) is 4.35. The summed E-state index contributed by atoms with van der Waals surface area (Å²) in [7, 11) is -3.79. The molecule has 4 nitrogen and oxygen atoms in total. The van der Waals surface area contributed by atoms with Crippen molar-refractivity contribution in [3.8, 4) is 0 Å². The van der Waals surface area contributed by atoms with Gasteiger partial charge in [0, 0.05) is 6.04 Å². The number of benzene rings is 2. The number of halogens is 1. The molecule has 2 aromatic rings. The van der Waals surface area contributed by atoms with Gasteiger partial charge >= 0.3 is 0 Å². The smallest absolute Gasteiger partial charge is 0.240 e. The monoisotopic (exact) mass is 309 g/mol. The molecule has 0 saturated carbocycles. The molecule has 0 saturated heterocycles. The van der Waals surface area contributed by atoms with Gasteiger partial charge < -0.3 is 5.11 Å². The first kappa shape index (κ1) is 15.6. The molecule has 0 radical (unpaired) electrons. The zero-order valence-electron chi connectivity index (χ0n) is 11.2. The summed E-state index contributed by atoms with van der Waals surface area (Å²) in [6.45, 7) is -0.324. The van der Waals surface area contributed by atoms with Crippen LogP contribution in [0.25, 0.3) is 0 Å². The number of rotatable bonds is 6. The maximum absolute atomic E-state index is 12.8. The first-order valence-electron chi connectivity index (χ1n) is 6.44. The quantitative estimate of drug-likeness (QED) is 0.853. The first-order valence-corrected chi connectivity index (χ1v) is 7.92. The molecule has 0 aliphatic heterocycles. The van der Waals surface area contributed by atoms with Crippen LogP contribution in [0.15, 0.2) is 59.5 Å². The molecule has 2 N–H and O–H groups in total. The van der Waals surface area contributed by atoms with Crippen molar-refractivity contribution in [1.29, 1.82) is 0 Å².